The van der Waals surface area contributed by atoms with Crippen molar-refractivity contribution < 1.29 is 8.42 Å². The van der Waals surface area contributed by atoms with E-state index in [2.05, 4.69) is 94.0 Å². The van der Waals surface area contributed by atoms with Crippen LogP contribution in [0.5, 0.6) is 0 Å². The predicted octanol–water partition coefficient (Wildman–Crippen LogP) is 5.56. The standard InChI is InChI=1S/C17H20N2S.C14H21N3O2S/c1-13(18(2)3)12-19-14-8-4-6-10-16(14)20-17-11-7-5-9-15(17)19;1-15-20(18,19)10-11-4-5-14-13(8-11)12(9-16-14)6-7-17(2)3/h4-11,13H,12H2,1-3H3;4-5,8-9,15-16H,6-7,10H2,1-3H3. The minimum absolute atomic E-state index is 0.0116. The lowest BCUT2D eigenvalue weighted by molar-refractivity contribution is 0.319. The number of nitrogens with zero attached hydrogens (tertiary/aromatic N) is 3. The number of rotatable bonds is 9. The highest BCUT2D eigenvalue weighted by molar-refractivity contribution is 7.99. The van der Waals surface area contributed by atoms with Gasteiger partial charge in [-0.3, -0.25) is 0 Å². The van der Waals surface area contributed by atoms with Crippen LogP contribution in [0.2, 0.25) is 0 Å². The van der Waals surface area contributed by atoms with Gasteiger partial charge in [0.2, 0.25) is 10.0 Å². The van der Waals surface area contributed by atoms with Crippen LogP contribution in [0.1, 0.15) is 18.1 Å². The van der Waals surface area contributed by atoms with Crippen LogP contribution in [-0.4, -0.2) is 77.6 Å². The van der Waals surface area contributed by atoms with Crippen molar-refractivity contribution in [3.05, 3.63) is 84.1 Å². The van der Waals surface area contributed by atoms with E-state index in [0.717, 1.165) is 36.0 Å². The van der Waals surface area contributed by atoms with Gasteiger partial charge < -0.3 is 19.7 Å². The summed E-state index contributed by atoms with van der Waals surface area (Å²) < 4.78 is 25.6. The molecule has 1 aromatic heterocycles. The van der Waals surface area contributed by atoms with Crippen molar-refractivity contribution in [2.24, 2.45) is 0 Å². The van der Waals surface area contributed by atoms with Gasteiger partial charge in [0.1, 0.15) is 0 Å². The topological polar surface area (TPSA) is 71.7 Å². The molecule has 0 bridgehead atoms. The average Bonchev–Trinajstić information content (AvgIpc) is 3.34. The molecule has 0 saturated heterocycles. The summed E-state index contributed by atoms with van der Waals surface area (Å²) in [6, 6.07) is 23.6. The van der Waals surface area contributed by atoms with Gasteiger partial charge >= 0.3 is 0 Å². The first-order chi connectivity index (χ1) is 19.1. The highest BCUT2D eigenvalue weighted by atomic mass is 32.2. The molecule has 9 heteroatoms. The molecule has 7 nitrogen and oxygen atoms in total. The van der Waals surface area contributed by atoms with E-state index < -0.39 is 10.0 Å². The number of H-pyrrole nitrogens is 1. The van der Waals surface area contributed by atoms with E-state index in [9.17, 15) is 8.42 Å². The molecular formula is C31H41N5O2S2. The van der Waals surface area contributed by atoms with Gasteiger partial charge in [-0.05, 0) is 96.1 Å². The minimum atomic E-state index is -3.23. The maximum atomic E-state index is 11.6. The maximum absolute atomic E-state index is 11.6. The van der Waals surface area contributed by atoms with Crippen LogP contribution in [0.15, 0.2) is 82.7 Å². The first kappa shape index (κ1) is 30.1. The number of hydrogen-bond donors (Lipinski definition) is 2. The Kier molecular flexibility index (Phi) is 9.97. The normalized spacial score (nSPS) is 13.7. The zero-order valence-electron chi connectivity index (χ0n) is 24.3. The molecular weight excluding hydrogens is 539 g/mol. The van der Waals surface area contributed by atoms with Gasteiger partial charge in [0, 0.05) is 46.0 Å². The fourth-order valence-electron chi connectivity index (χ4n) is 4.56. The van der Waals surface area contributed by atoms with E-state index in [0.29, 0.717) is 6.04 Å². The third kappa shape index (κ3) is 7.47. The van der Waals surface area contributed by atoms with Crippen LogP contribution >= 0.6 is 11.8 Å². The Bertz CT molecular complexity index is 1490. The van der Waals surface area contributed by atoms with Gasteiger partial charge in [0.15, 0.2) is 0 Å². The van der Waals surface area contributed by atoms with Crippen molar-refractivity contribution in [3.8, 4) is 0 Å². The van der Waals surface area contributed by atoms with Crippen LogP contribution in [0.25, 0.3) is 10.9 Å². The second kappa shape index (κ2) is 13.2. The van der Waals surface area contributed by atoms with Crippen LogP contribution in [0.4, 0.5) is 11.4 Å². The van der Waals surface area contributed by atoms with Gasteiger partial charge in [-0.25, -0.2) is 13.1 Å². The van der Waals surface area contributed by atoms with Crippen LogP contribution in [0, 0.1) is 0 Å². The second-order valence-corrected chi connectivity index (χ2v) is 13.7. The smallest absolute Gasteiger partial charge is 0.215 e. The van der Waals surface area contributed by atoms with E-state index in [-0.39, 0.29) is 5.75 Å². The molecule has 0 saturated carbocycles. The molecule has 1 aliphatic rings. The Hall–Kier alpha value is -2.82. The van der Waals surface area contributed by atoms with Gasteiger partial charge in [-0.2, -0.15) is 0 Å². The van der Waals surface area contributed by atoms with Gasteiger partial charge in [0.05, 0.1) is 17.1 Å². The van der Waals surface area contributed by atoms with Crippen LogP contribution in [-0.2, 0) is 22.2 Å². The fraction of sp³-hybridized carbons (Fsp3) is 0.355. The molecule has 0 amide bonds. The lowest BCUT2D eigenvalue weighted by atomic mass is 10.1. The summed E-state index contributed by atoms with van der Waals surface area (Å²) in [5.74, 6) is 0.0116. The molecule has 0 radical (unpaired) electrons. The molecule has 0 spiro atoms. The third-order valence-electron chi connectivity index (χ3n) is 7.19. The van der Waals surface area contributed by atoms with Crippen LogP contribution < -0.4 is 9.62 Å². The number of para-hydroxylation sites is 2. The van der Waals surface area contributed by atoms with Crippen molar-refractivity contribution in [2.45, 2.75) is 34.9 Å². The molecule has 2 N–H and O–H groups in total. The number of likely N-dealkylation sites (N-methyl/N-ethyl adjacent to an activating group) is 2. The average molecular weight is 580 g/mol. The summed E-state index contributed by atoms with van der Waals surface area (Å²) >= 11 is 1.87. The lowest BCUT2D eigenvalue weighted by Crippen LogP contribution is -2.37. The number of aromatic amines is 1. The fourth-order valence-corrected chi connectivity index (χ4v) is 6.42. The monoisotopic (exact) mass is 579 g/mol. The predicted molar refractivity (Wildman–Crippen MR) is 169 cm³/mol. The zero-order chi connectivity index (χ0) is 28.9. The summed E-state index contributed by atoms with van der Waals surface area (Å²) in [6.45, 7) is 4.24. The summed E-state index contributed by atoms with van der Waals surface area (Å²) in [7, 11) is 6.57. The van der Waals surface area contributed by atoms with E-state index in [4.69, 9.17) is 0 Å². The van der Waals surface area contributed by atoms with E-state index >= 15 is 0 Å². The summed E-state index contributed by atoms with van der Waals surface area (Å²) in [6.07, 6.45) is 2.94. The molecule has 3 aromatic carbocycles. The summed E-state index contributed by atoms with van der Waals surface area (Å²) in [4.78, 5) is 12.8. The number of aromatic nitrogens is 1. The molecule has 5 rings (SSSR count). The molecule has 1 atom stereocenters. The Morgan fingerprint density at radius 1 is 0.950 bits per heavy atom. The van der Waals surface area contributed by atoms with E-state index in [1.54, 1.807) is 0 Å². The first-order valence-electron chi connectivity index (χ1n) is 13.5. The quantitative estimate of drug-likeness (QED) is 0.271. The van der Waals surface area contributed by atoms with E-state index in [1.165, 1.54) is 33.8 Å². The molecule has 0 aliphatic carbocycles. The Morgan fingerprint density at radius 3 is 2.15 bits per heavy atom. The number of benzene rings is 3. The minimum Gasteiger partial charge on any atom is -0.361 e. The molecule has 40 heavy (non-hydrogen) atoms. The van der Waals surface area contributed by atoms with Gasteiger partial charge in [0.25, 0.3) is 0 Å². The highest BCUT2D eigenvalue weighted by Crippen LogP contribution is 2.47. The summed E-state index contributed by atoms with van der Waals surface area (Å²) in [5, 5.41) is 1.11. The zero-order valence-corrected chi connectivity index (χ0v) is 25.9. The van der Waals surface area contributed by atoms with E-state index in [1.807, 2.05) is 50.3 Å². The number of fused-ring (bicyclic) bond motifs is 3. The Labute approximate surface area is 243 Å². The first-order valence-corrected chi connectivity index (χ1v) is 16.0. The summed E-state index contributed by atoms with van der Waals surface area (Å²) in [5.41, 5.74) is 5.72. The van der Waals surface area contributed by atoms with Crippen molar-refractivity contribution in [1.29, 1.82) is 0 Å². The van der Waals surface area contributed by atoms with Crippen LogP contribution in [0.3, 0.4) is 0 Å². The number of hydrogen-bond acceptors (Lipinski definition) is 6. The molecule has 0 fully saturated rings. The second-order valence-electron chi connectivity index (χ2n) is 10.7. The van der Waals surface area contributed by atoms with Gasteiger partial charge in [-0.1, -0.05) is 42.1 Å². The van der Waals surface area contributed by atoms with Crippen molar-refractivity contribution in [1.82, 2.24) is 19.5 Å². The SMILES string of the molecule is CC(CN1c2ccccc2Sc2ccccc21)N(C)C.CNS(=O)(=O)Cc1ccc2[nH]cc(CCN(C)C)c2c1. The van der Waals surface area contributed by atoms with Crippen molar-refractivity contribution >= 4 is 44.1 Å². The lowest BCUT2D eigenvalue weighted by Gasteiger charge is -2.36. The van der Waals surface area contributed by atoms with Gasteiger partial charge in [-0.15, -0.1) is 0 Å². The third-order valence-corrected chi connectivity index (χ3v) is 9.65. The number of sulfonamides is 1. The largest absolute Gasteiger partial charge is 0.361 e. The molecule has 1 aliphatic heterocycles. The highest BCUT2D eigenvalue weighted by Gasteiger charge is 2.24. The van der Waals surface area contributed by atoms with Crippen molar-refractivity contribution in [3.63, 3.8) is 0 Å². The Morgan fingerprint density at radius 2 is 1.57 bits per heavy atom. The molecule has 1 unspecified atom stereocenters. The Balaban J connectivity index is 0.000000185. The molecule has 214 valence electrons. The molecule has 2 heterocycles. The van der Waals surface area contributed by atoms with Crippen molar-refractivity contribution in [2.75, 3.05) is 53.2 Å². The molecule has 4 aromatic rings. The number of nitrogens with one attached hydrogen (secondary N) is 2. The maximum Gasteiger partial charge on any atom is 0.215 e. The number of anilines is 2.